The Morgan fingerprint density at radius 3 is 2.57 bits per heavy atom. The third-order valence-corrected chi connectivity index (χ3v) is 3.42. The number of benzene rings is 1. The second kappa shape index (κ2) is 7.80. The van der Waals surface area contributed by atoms with Crippen LogP contribution in [0.5, 0.6) is 5.75 Å². The standard InChI is InChI=1S/C16H25BrN2O2/c1-11(2)19-15(20)10-21-13-6-7-14(17)12(8-13)9-18-16(3,4)5/h6-8,11,18H,9-10H2,1-5H3,(H,19,20). The zero-order valence-electron chi connectivity index (χ0n) is 13.4. The Hall–Kier alpha value is -1.07. The summed E-state index contributed by atoms with van der Waals surface area (Å²) in [7, 11) is 0. The van der Waals surface area contributed by atoms with Crippen LogP contribution in [-0.4, -0.2) is 24.1 Å². The summed E-state index contributed by atoms with van der Waals surface area (Å²) in [6.07, 6.45) is 0. The molecule has 0 unspecified atom stereocenters. The summed E-state index contributed by atoms with van der Waals surface area (Å²) in [5.74, 6) is 0.588. The molecule has 0 spiro atoms. The zero-order valence-corrected chi connectivity index (χ0v) is 15.0. The fourth-order valence-electron chi connectivity index (χ4n) is 1.65. The minimum atomic E-state index is -0.109. The Morgan fingerprint density at radius 1 is 1.33 bits per heavy atom. The van der Waals surface area contributed by atoms with Crippen molar-refractivity contribution in [2.45, 2.75) is 52.7 Å². The number of halogens is 1. The zero-order chi connectivity index (χ0) is 16.0. The first kappa shape index (κ1) is 18.0. The summed E-state index contributed by atoms with van der Waals surface area (Å²) < 4.78 is 6.56. The van der Waals surface area contributed by atoms with Gasteiger partial charge in [-0.25, -0.2) is 0 Å². The Labute approximate surface area is 135 Å². The average molecular weight is 357 g/mol. The van der Waals surface area contributed by atoms with Crippen LogP contribution in [0.4, 0.5) is 0 Å². The monoisotopic (exact) mass is 356 g/mol. The lowest BCUT2D eigenvalue weighted by atomic mass is 10.1. The maximum Gasteiger partial charge on any atom is 0.258 e. The van der Waals surface area contributed by atoms with Gasteiger partial charge in [0.05, 0.1) is 0 Å². The molecule has 0 atom stereocenters. The van der Waals surface area contributed by atoms with Gasteiger partial charge in [-0.15, -0.1) is 0 Å². The highest BCUT2D eigenvalue weighted by Crippen LogP contribution is 2.23. The number of hydrogen-bond acceptors (Lipinski definition) is 3. The molecule has 1 amide bonds. The summed E-state index contributed by atoms with van der Waals surface area (Å²) in [6, 6.07) is 5.87. The van der Waals surface area contributed by atoms with Gasteiger partial charge in [-0.05, 0) is 58.4 Å². The topological polar surface area (TPSA) is 50.4 Å². The van der Waals surface area contributed by atoms with Crippen molar-refractivity contribution in [1.29, 1.82) is 0 Å². The van der Waals surface area contributed by atoms with Crippen LogP contribution in [0.3, 0.4) is 0 Å². The van der Waals surface area contributed by atoms with Crippen LogP contribution >= 0.6 is 15.9 Å². The van der Waals surface area contributed by atoms with Crippen LogP contribution in [0.25, 0.3) is 0 Å². The van der Waals surface area contributed by atoms with Gasteiger partial charge in [0, 0.05) is 22.6 Å². The van der Waals surface area contributed by atoms with Crippen molar-refractivity contribution in [3.63, 3.8) is 0 Å². The van der Waals surface area contributed by atoms with E-state index in [4.69, 9.17) is 4.74 Å². The maximum atomic E-state index is 11.6. The van der Waals surface area contributed by atoms with Gasteiger partial charge in [-0.1, -0.05) is 15.9 Å². The molecule has 0 saturated carbocycles. The molecular weight excluding hydrogens is 332 g/mol. The minimum absolute atomic E-state index is 0.0337. The highest BCUT2D eigenvalue weighted by molar-refractivity contribution is 9.10. The van der Waals surface area contributed by atoms with Gasteiger partial charge in [-0.2, -0.15) is 0 Å². The Kier molecular flexibility index (Phi) is 6.68. The van der Waals surface area contributed by atoms with Crippen LogP contribution in [0.1, 0.15) is 40.2 Å². The normalized spacial score (nSPS) is 11.6. The number of amides is 1. The van der Waals surface area contributed by atoms with Crippen molar-refractivity contribution < 1.29 is 9.53 Å². The number of carbonyl (C=O) groups excluding carboxylic acids is 1. The van der Waals surface area contributed by atoms with Crippen molar-refractivity contribution in [2.24, 2.45) is 0 Å². The molecule has 0 radical (unpaired) electrons. The lowest BCUT2D eigenvalue weighted by Gasteiger charge is -2.21. The van der Waals surface area contributed by atoms with E-state index in [-0.39, 0.29) is 24.1 Å². The fraction of sp³-hybridized carbons (Fsp3) is 0.562. The predicted molar refractivity (Wildman–Crippen MR) is 89.5 cm³/mol. The lowest BCUT2D eigenvalue weighted by Crippen LogP contribution is -2.35. The van der Waals surface area contributed by atoms with E-state index < -0.39 is 0 Å². The fourth-order valence-corrected chi connectivity index (χ4v) is 2.04. The van der Waals surface area contributed by atoms with Gasteiger partial charge in [0.2, 0.25) is 0 Å². The molecule has 1 aromatic carbocycles. The molecule has 0 aromatic heterocycles. The van der Waals surface area contributed by atoms with Crippen molar-refractivity contribution in [2.75, 3.05) is 6.61 Å². The lowest BCUT2D eigenvalue weighted by molar-refractivity contribution is -0.123. The summed E-state index contributed by atoms with van der Waals surface area (Å²) in [5, 5.41) is 6.23. The van der Waals surface area contributed by atoms with Gasteiger partial charge in [0.25, 0.3) is 5.91 Å². The second-order valence-electron chi connectivity index (χ2n) is 6.37. The SMILES string of the molecule is CC(C)NC(=O)COc1ccc(Br)c(CNC(C)(C)C)c1. The van der Waals surface area contributed by atoms with Gasteiger partial charge >= 0.3 is 0 Å². The molecule has 0 aliphatic rings. The molecule has 21 heavy (non-hydrogen) atoms. The summed E-state index contributed by atoms with van der Waals surface area (Å²) in [4.78, 5) is 11.6. The molecule has 0 fully saturated rings. The van der Waals surface area contributed by atoms with E-state index in [1.165, 1.54) is 0 Å². The Morgan fingerprint density at radius 2 is 2.00 bits per heavy atom. The smallest absolute Gasteiger partial charge is 0.258 e. The average Bonchev–Trinajstić information content (AvgIpc) is 2.34. The second-order valence-corrected chi connectivity index (χ2v) is 7.22. The van der Waals surface area contributed by atoms with Crippen LogP contribution in [0.2, 0.25) is 0 Å². The van der Waals surface area contributed by atoms with Crippen LogP contribution in [0.15, 0.2) is 22.7 Å². The van der Waals surface area contributed by atoms with E-state index >= 15 is 0 Å². The Bertz CT molecular complexity index is 482. The third-order valence-electron chi connectivity index (χ3n) is 2.65. The summed E-state index contributed by atoms with van der Waals surface area (Å²) >= 11 is 3.54. The van der Waals surface area contributed by atoms with Crippen LogP contribution in [0, 0.1) is 0 Å². The van der Waals surface area contributed by atoms with Gasteiger partial charge in [0.15, 0.2) is 6.61 Å². The van der Waals surface area contributed by atoms with Crippen molar-refractivity contribution in [1.82, 2.24) is 10.6 Å². The molecule has 0 heterocycles. The maximum absolute atomic E-state index is 11.6. The summed E-state index contributed by atoms with van der Waals surface area (Å²) in [5.41, 5.74) is 1.15. The highest BCUT2D eigenvalue weighted by Gasteiger charge is 2.11. The van der Waals surface area contributed by atoms with Gasteiger partial charge < -0.3 is 15.4 Å². The van der Waals surface area contributed by atoms with E-state index in [1.54, 1.807) is 0 Å². The van der Waals surface area contributed by atoms with Crippen LogP contribution < -0.4 is 15.4 Å². The molecule has 118 valence electrons. The first-order valence-corrected chi connectivity index (χ1v) is 7.92. The molecule has 0 aliphatic heterocycles. The van der Waals surface area contributed by atoms with E-state index in [2.05, 4.69) is 47.3 Å². The number of carbonyl (C=O) groups is 1. The quantitative estimate of drug-likeness (QED) is 0.822. The minimum Gasteiger partial charge on any atom is -0.484 e. The third kappa shape index (κ3) is 7.48. The molecule has 1 aromatic rings. The van der Waals surface area contributed by atoms with E-state index in [1.807, 2.05) is 32.0 Å². The number of rotatable bonds is 6. The summed E-state index contributed by atoms with van der Waals surface area (Å²) in [6.45, 7) is 11.0. The molecule has 0 saturated heterocycles. The molecule has 2 N–H and O–H groups in total. The van der Waals surface area contributed by atoms with Crippen LogP contribution in [-0.2, 0) is 11.3 Å². The molecule has 4 nitrogen and oxygen atoms in total. The van der Waals surface area contributed by atoms with Gasteiger partial charge in [0.1, 0.15) is 5.75 Å². The molecule has 5 heteroatoms. The molecular formula is C16H25BrN2O2. The van der Waals surface area contributed by atoms with E-state index in [0.29, 0.717) is 5.75 Å². The molecule has 0 bridgehead atoms. The molecule has 1 rings (SSSR count). The van der Waals surface area contributed by atoms with Crippen molar-refractivity contribution >= 4 is 21.8 Å². The number of hydrogen-bond donors (Lipinski definition) is 2. The first-order valence-electron chi connectivity index (χ1n) is 7.13. The molecule has 0 aliphatic carbocycles. The van der Waals surface area contributed by atoms with Crippen molar-refractivity contribution in [3.8, 4) is 5.75 Å². The highest BCUT2D eigenvalue weighted by atomic mass is 79.9. The van der Waals surface area contributed by atoms with E-state index in [0.717, 1.165) is 16.6 Å². The van der Waals surface area contributed by atoms with E-state index in [9.17, 15) is 4.79 Å². The Balaban J connectivity index is 2.62. The van der Waals surface area contributed by atoms with Crippen molar-refractivity contribution in [3.05, 3.63) is 28.2 Å². The first-order chi connectivity index (χ1) is 9.67. The van der Waals surface area contributed by atoms with Gasteiger partial charge in [-0.3, -0.25) is 4.79 Å². The number of ether oxygens (including phenoxy) is 1. The predicted octanol–water partition coefficient (Wildman–Crippen LogP) is 3.24. The largest absolute Gasteiger partial charge is 0.484 e. The number of nitrogens with one attached hydrogen (secondary N) is 2.